The maximum absolute atomic E-state index is 5.77. The zero-order valence-corrected chi connectivity index (χ0v) is 9.98. The zero-order chi connectivity index (χ0) is 11.0. The number of hydrogen-bond donors (Lipinski definition) is 1. The topological polar surface area (TPSA) is 28.7 Å². The summed E-state index contributed by atoms with van der Waals surface area (Å²) in [6, 6.07) is 10.3. The van der Waals surface area contributed by atoms with Crippen molar-refractivity contribution in [2.75, 3.05) is 0 Å². The molecular weight excluding hydrogens is 240 g/mol. The lowest BCUT2D eigenvalue weighted by Gasteiger charge is -1.87. The lowest BCUT2D eigenvalue weighted by molar-refractivity contribution is 1.34. The van der Waals surface area contributed by atoms with Gasteiger partial charge in [-0.15, -0.1) is 22.9 Å². The second-order valence-corrected chi connectivity index (χ2v) is 4.92. The van der Waals surface area contributed by atoms with E-state index in [1.807, 2.05) is 18.3 Å². The molecule has 4 heteroatoms. The standard InChI is InChI=1S/C12H9ClN2S/c13-6-9-7-14-12(16-9)11-5-8-3-1-2-4-10(8)15-11/h1-5,7,15H,6H2. The van der Waals surface area contributed by atoms with Crippen molar-refractivity contribution in [2.24, 2.45) is 0 Å². The molecule has 0 aliphatic heterocycles. The van der Waals surface area contributed by atoms with Gasteiger partial charge < -0.3 is 4.98 Å². The van der Waals surface area contributed by atoms with Crippen LogP contribution in [0.3, 0.4) is 0 Å². The van der Waals surface area contributed by atoms with E-state index in [9.17, 15) is 0 Å². The summed E-state index contributed by atoms with van der Waals surface area (Å²) in [5.41, 5.74) is 2.20. The van der Waals surface area contributed by atoms with Gasteiger partial charge in [0.15, 0.2) is 0 Å². The van der Waals surface area contributed by atoms with E-state index in [0.29, 0.717) is 5.88 Å². The molecule has 0 atom stereocenters. The van der Waals surface area contributed by atoms with Gasteiger partial charge in [0.05, 0.1) is 11.6 Å². The molecule has 0 bridgehead atoms. The third kappa shape index (κ3) is 1.62. The average molecular weight is 249 g/mol. The van der Waals surface area contributed by atoms with Crippen LogP contribution in [0.4, 0.5) is 0 Å². The Balaban J connectivity index is 2.11. The summed E-state index contributed by atoms with van der Waals surface area (Å²) < 4.78 is 0. The minimum absolute atomic E-state index is 0.526. The first-order valence-electron chi connectivity index (χ1n) is 4.95. The first-order valence-corrected chi connectivity index (χ1v) is 6.31. The smallest absolute Gasteiger partial charge is 0.139 e. The third-order valence-electron chi connectivity index (χ3n) is 2.45. The number of fused-ring (bicyclic) bond motifs is 1. The summed E-state index contributed by atoms with van der Waals surface area (Å²) in [7, 11) is 0. The lowest BCUT2D eigenvalue weighted by atomic mass is 10.2. The van der Waals surface area contributed by atoms with Crippen LogP contribution >= 0.6 is 22.9 Å². The molecule has 0 radical (unpaired) electrons. The highest BCUT2D eigenvalue weighted by atomic mass is 35.5. The molecule has 1 aromatic carbocycles. The molecule has 0 fully saturated rings. The molecule has 2 heterocycles. The molecule has 0 unspecified atom stereocenters. The monoisotopic (exact) mass is 248 g/mol. The minimum atomic E-state index is 0.526. The predicted molar refractivity (Wildman–Crippen MR) is 69.0 cm³/mol. The number of H-pyrrole nitrogens is 1. The van der Waals surface area contributed by atoms with E-state index < -0.39 is 0 Å². The van der Waals surface area contributed by atoms with Crippen LogP contribution in [0, 0.1) is 0 Å². The SMILES string of the molecule is ClCc1cnc(-c2cc3ccccc3[nH]2)s1. The molecule has 1 N–H and O–H groups in total. The van der Waals surface area contributed by atoms with Crippen molar-refractivity contribution in [1.29, 1.82) is 0 Å². The molecule has 0 saturated carbocycles. The molecule has 2 nitrogen and oxygen atoms in total. The number of benzene rings is 1. The number of para-hydroxylation sites is 1. The Morgan fingerprint density at radius 3 is 2.94 bits per heavy atom. The van der Waals surface area contributed by atoms with Crippen LogP contribution in [-0.4, -0.2) is 9.97 Å². The summed E-state index contributed by atoms with van der Waals surface area (Å²) in [6.07, 6.45) is 1.83. The van der Waals surface area contributed by atoms with Crippen LogP contribution < -0.4 is 0 Å². The molecule has 0 spiro atoms. The van der Waals surface area contributed by atoms with E-state index in [1.54, 1.807) is 11.3 Å². The summed E-state index contributed by atoms with van der Waals surface area (Å²) in [4.78, 5) is 8.80. The van der Waals surface area contributed by atoms with Crippen LogP contribution in [-0.2, 0) is 5.88 Å². The molecule has 2 aromatic heterocycles. The van der Waals surface area contributed by atoms with Crippen LogP contribution in [0.1, 0.15) is 4.88 Å². The summed E-state index contributed by atoms with van der Waals surface area (Å²) >= 11 is 7.39. The van der Waals surface area contributed by atoms with Gasteiger partial charge in [-0.1, -0.05) is 18.2 Å². The number of nitrogens with one attached hydrogen (secondary N) is 1. The normalized spacial score (nSPS) is 11.1. The molecule has 0 amide bonds. The van der Waals surface area contributed by atoms with Gasteiger partial charge in [-0.05, 0) is 12.1 Å². The van der Waals surface area contributed by atoms with Crippen LogP contribution in [0.25, 0.3) is 21.6 Å². The Morgan fingerprint density at radius 1 is 1.31 bits per heavy atom. The fourth-order valence-electron chi connectivity index (χ4n) is 1.68. The van der Waals surface area contributed by atoms with Gasteiger partial charge in [0.2, 0.25) is 0 Å². The average Bonchev–Trinajstić information content (AvgIpc) is 2.95. The van der Waals surface area contributed by atoms with E-state index in [1.165, 1.54) is 5.39 Å². The molecule has 3 aromatic rings. The zero-order valence-electron chi connectivity index (χ0n) is 8.40. The van der Waals surface area contributed by atoms with Gasteiger partial charge >= 0.3 is 0 Å². The summed E-state index contributed by atoms with van der Waals surface area (Å²) in [5.74, 6) is 0.526. The first-order chi connectivity index (χ1) is 7.86. The van der Waals surface area contributed by atoms with Crippen molar-refractivity contribution < 1.29 is 0 Å². The minimum Gasteiger partial charge on any atom is -0.353 e. The molecule has 0 aliphatic carbocycles. The van der Waals surface area contributed by atoms with Crippen LogP contribution in [0.15, 0.2) is 36.5 Å². The van der Waals surface area contributed by atoms with Gasteiger partial charge in [-0.25, -0.2) is 4.98 Å². The number of thiazole rings is 1. The Labute approximate surface area is 102 Å². The van der Waals surface area contributed by atoms with Gasteiger partial charge in [0.25, 0.3) is 0 Å². The lowest BCUT2D eigenvalue weighted by Crippen LogP contribution is -1.72. The third-order valence-corrected chi connectivity index (χ3v) is 3.92. The van der Waals surface area contributed by atoms with E-state index in [2.05, 4.69) is 28.2 Å². The van der Waals surface area contributed by atoms with Gasteiger partial charge in [0, 0.05) is 22.0 Å². The largest absolute Gasteiger partial charge is 0.353 e. The van der Waals surface area contributed by atoms with E-state index in [0.717, 1.165) is 21.1 Å². The van der Waals surface area contributed by atoms with Gasteiger partial charge in [-0.3, -0.25) is 0 Å². The van der Waals surface area contributed by atoms with E-state index >= 15 is 0 Å². The second kappa shape index (κ2) is 3.92. The number of aromatic amines is 1. The highest BCUT2D eigenvalue weighted by Crippen LogP contribution is 2.28. The quantitative estimate of drug-likeness (QED) is 0.682. The molecule has 0 saturated heterocycles. The predicted octanol–water partition coefficient (Wildman–Crippen LogP) is 4.03. The fourth-order valence-corrected chi connectivity index (χ4v) is 2.65. The highest BCUT2D eigenvalue weighted by molar-refractivity contribution is 7.15. The first kappa shape index (κ1) is 9.87. The van der Waals surface area contributed by atoms with Crippen molar-refractivity contribution in [3.8, 4) is 10.7 Å². The Morgan fingerprint density at radius 2 is 2.19 bits per heavy atom. The maximum atomic E-state index is 5.77. The number of nitrogens with zero attached hydrogens (tertiary/aromatic N) is 1. The fraction of sp³-hybridized carbons (Fsp3) is 0.0833. The maximum Gasteiger partial charge on any atom is 0.139 e. The van der Waals surface area contributed by atoms with Crippen molar-refractivity contribution in [2.45, 2.75) is 5.88 Å². The van der Waals surface area contributed by atoms with E-state index in [4.69, 9.17) is 11.6 Å². The summed E-state index contributed by atoms with van der Waals surface area (Å²) in [5, 5.41) is 2.20. The molecule has 0 aliphatic rings. The van der Waals surface area contributed by atoms with Crippen molar-refractivity contribution in [3.63, 3.8) is 0 Å². The Hall–Kier alpha value is -1.32. The molecule has 80 valence electrons. The van der Waals surface area contributed by atoms with Crippen LogP contribution in [0.5, 0.6) is 0 Å². The molecule has 3 rings (SSSR count). The molecule has 16 heavy (non-hydrogen) atoms. The Kier molecular flexibility index (Phi) is 2.42. The van der Waals surface area contributed by atoms with Crippen molar-refractivity contribution >= 4 is 33.8 Å². The van der Waals surface area contributed by atoms with Crippen molar-refractivity contribution in [1.82, 2.24) is 9.97 Å². The highest BCUT2D eigenvalue weighted by Gasteiger charge is 2.07. The number of rotatable bonds is 2. The number of halogens is 1. The second-order valence-electron chi connectivity index (χ2n) is 3.54. The van der Waals surface area contributed by atoms with E-state index in [-0.39, 0.29) is 0 Å². The summed E-state index contributed by atoms with van der Waals surface area (Å²) in [6.45, 7) is 0. The van der Waals surface area contributed by atoms with Gasteiger partial charge in [0.1, 0.15) is 5.01 Å². The number of alkyl halides is 1. The van der Waals surface area contributed by atoms with Crippen molar-refractivity contribution in [3.05, 3.63) is 41.4 Å². The van der Waals surface area contributed by atoms with Crippen LogP contribution in [0.2, 0.25) is 0 Å². The Bertz CT molecular complexity index is 594. The molecular formula is C12H9ClN2S. The van der Waals surface area contributed by atoms with Gasteiger partial charge in [-0.2, -0.15) is 0 Å². The number of hydrogen-bond acceptors (Lipinski definition) is 2. The number of aromatic nitrogens is 2.